The van der Waals surface area contributed by atoms with Crippen LogP contribution in [0.25, 0.3) is 0 Å². The quantitative estimate of drug-likeness (QED) is 0.0433. The SMILES string of the molecule is CC(=O)C(O)(C(=O)O)C(=O)O.CC(=O)C(O)(C(=O)O)C(=O)O.CC(=O)C(O)(C(=O)O)C(=O)O.CC(=O)C(O)(C(=O)O)C(=O)O.CC(=O)C(O)(C(=O)O)C(=O)O.[2H]C([2H])([2H])C1C(=O)c2c(ncn2C([2H])([2H])[2H])N(C([2H])([2H])[2H])C1=O.[2H]c1nc2c(n1C([2H])([2H])[2H])C(=O)C(C([2H])([2H])[2H])C(=O)N2C.[2H]c1nc2c(n1C([2H])([2H])[2H])C(=O)C(C([2H])([2H])[2H])C(=O)N2C([2H])([2H])[2H].[2H]c1nc2c(n1C([2H])([2H])[2H])C(=O)C(C)C(=O)N2C([2H])([2H])[2H].[2H]c1nc2c(n1C)C(=O)C(C([2H])([2H])[2H])C(=O)N2C([2H])([2H])[2H]. The van der Waals surface area contributed by atoms with Crippen molar-refractivity contribution in [3.05, 3.63) is 60.0 Å². The van der Waals surface area contributed by atoms with Crippen LogP contribution in [0.4, 0.5) is 29.1 Å². The van der Waals surface area contributed by atoms with E-state index in [1.807, 2.05) is 0 Å². The summed E-state index contributed by atoms with van der Waals surface area (Å²) in [5, 5.41) is 125. The van der Waals surface area contributed by atoms with E-state index < -0.39 is 359 Å². The number of aromatic nitrogens is 10. The van der Waals surface area contributed by atoms with Crippen molar-refractivity contribution in [1.29, 1.82) is 0 Å². The van der Waals surface area contributed by atoms with Crippen LogP contribution in [0.2, 0.25) is 0 Å². The van der Waals surface area contributed by atoms with E-state index in [2.05, 4.69) is 24.9 Å². The van der Waals surface area contributed by atoms with Crippen LogP contribution in [0.1, 0.15) is 176 Å². The maximum absolute atomic E-state index is 12.4. The van der Waals surface area contributed by atoms with Gasteiger partial charge in [-0.1, -0.05) is 0 Å². The Morgan fingerprint density at radius 2 is 0.448 bits per heavy atom. The largest absolute Gasteiger partial charge is 0.478 e. The number of hydrogen-bond acceptors (Lipinski definition) is 35. The molecule has 55 nitrogen and oxygen atoms in total. The molecule has 5 aromatic rings. The molecule has 125 heavy (non-hydrogen) atoms. The molecule has 5 aliphatic heterocycles. The van der Waals surface area contributed by atoms with E-state index in [1.165, 1.54) is 21.0 Å². The number of aryl methyl sites for hydroxylation is 1. The molecule has 5 unspecified atom stereocenters. The molecule has 680 valence electrons. The number of anilines is 5. The summed E-state index contributed by atoms with van der Waals surface area (Å²) in [4.78, 5) is 293. The number of nitrogens with zero attached hydrogens (tertiary/aromatic N) is 15. The topological polar surface area (TPSA) is 836 Å². The Kier molecular flexibility index (Phi) is 19.1. The van der Waals surface area contributed by atoms with E-state index in [4.69, 9.17) is 131 Å². The molecule has 10 rings (SSSR count). The molecule has 15 N–H and O–H groups in total. The second-order valence-corrected chi connectivity index (χ2v) is 23.6. The highest BCUT2D eigenvalue weighted by Gasteiger charge is 2.54. The number of carbonyl (C=O) groups excluding carboxylic acids is 15. The fourth-order valence-corrected chi connectivity index (χ4v) is 8.22. The molecule has 10 heterocycles. The number of aliphatic carboxylic acids is 10. The van der Waals surface area contributed by atoms with Crippen LogP contribution in [0.15, 0.2) is 31.5 Å². The van der Waals surface area contributed by atoms with E-state index in [0.29, 0.717) is 59.5 Å². The zero-order chi connectivity index (χ0) is 132. The average molecular weight is 1820 g/mol. The van der Waals surface area contributed by atoms with Gasteiger partial charge in [0, 0.05) is 119 Å². The fraction of sp³-hybridized carbons (Fsp3) is 0.429. The Morgan fingerprint density at radius 1 is 0.280 bits per heavy atom. The molecule has 0 aliphatic carbocycles. The zero-order valence-electron chi connectivity index (χ0n) is 103. The molecule has 0 saturated heterocycles. The Morgan fingerprint density at radius 3 is 0.632 bits per heavy atom. The summed E-state index contributed by atoms with van der Waals surface area (Å²) in [5.74, 6) is -52.8. The maximum Gasteiger partial charge on any atom is 0.355 e. The minimum Gasteiger partial charge on any atom is -0.478 e. The summed E-state index contributed by atoms with van der Waals surface area (Å²) < 4.78 is 297. The first-order chi connectivity index (χ1) is 73.0. The first-order valence-electron chi connectivity index (χ1n) is 51.3. The van der Waals surface area contributed by atoms with Gasteiger partial charge in [0.05, 0.1) is 31.5 Å². The molecule has 0 bridgehead atoms. The van der Waals surface area contributed by atoms with Gasteiger partial charge in [0.2, 0.25) is 29.5 Å². The van der Waals surface area contributed by atoms with E-state index in [9.17, 15) is 120 Å². The van der Waals surface area contributed by atoms with Gasteiger partial charge in [-0.2, -0.15) is 0 Å². The molecule has 0 radical (unpaired) electrons. The van der Waals surface area contributed by atoms with Crippen molar-refractivity contribution in [2.75, 3.05) is 59.5 Å². The average Bonchev–Trinajstić information content (AvgIpc) is 1.62. The third kappa shape index (κ3) is 21.5. The lowest BCUT2D eigenvalue weighted by molar-refractivity contribution is -0.180. The fourth-order valence-electron chi connectivity index (χ4n) is 8.22. The third-order valence-electron chi connectivity index (χ3n) is 15.7. The summed E-state index contributed by atoms with van der Waals surface area (Å²) in [7, 11) is 2.46. The van der Waals surface area contributed by atoms with Crippen molar-refractivity contribution in [2.24, 2.45) is 64.5 Å². The number of carboxylic acid groups (broad SMARTS) is 10. The summed E-state index contributed by atoms with van der Waals surface area (Å²) in [6, 6.07) is 0. The lowest BCUT2D eigenvalue weighted by Crippen LogP contribution is -2.52. The van der Waals surface area contributed by atoms with Crippen LogP contribution < -0.4 is 24.5 Å². The van der Waals surface area contributed by atoms with Crippen LogP contribution in [-0.4, -0.2) is 334 Å². The van der Waals surface area contributed by atoms with Gasteiger partial charge in [0.15, 0.2) is 86.9 Å². The molecule has 5 atom stereocenters. The summed E-state index contributed by atoms with van der Waals surface area (Å²) in [5.41, 5.74) is -19.6. The molecule has 55 heteroatoms. The zero-order valence-corrected chi connectivity index (χ0v) is 63.1. The molecule has 0 fully saturated rings. The molecule has 0 saturated carbocycles. The Labute approximate surface area is 756 Å². The molecule has 5 aromatic heterocycles. The van der Waals surface area contributed by atoms with E-state index in [1.54, 1.807) is 0 Å². The number of ketones is 10. The third-order valence-corrected chi connectivity index (χ3v) is 15.7. The first kappa shape index (κ1) is 57.8. The van der Waals surface area contributed by atoms with Gasteiger partial charge in [0.25, 0.3) is 0 Å². The second kappa shape index (κ2) is 41.2. The van der Waals surface area contributed by atoms with Crippen LogP contribution in [0.5, 0.6) is 0 Å². The van der Waals surface area contributed by atoms with E-state index >= 15 is 0 Å². The highest BCUT2D eigenvalue weighted by molar-refractivity contribution is 6.27. The van der Waals surface area contributed by atoms with Gasteiger partial charge < -0.3 is 99.4 Å². The number of hydrogen-bond donors (Lipinski definition) is 15. The minimum absolute atomic E-state index is 0.0128. The number of carboxylic acids is 10. The molecular weight excluding hydrogens is 1690 g/mol. The number of Topliss-reactive ketones (excluding diaryl/α,β-unsaturated/α-hetero) is 10. The van der Waals surface area contributed by atoms with Crippen molar-refractivity contribution in [2.45, 2.75) is 97.0 Å². The summed E-state index contributed by atoms with van der Waals surface area (Å²) in [6.07, 6.45) is -2.28. The number of amides is 5. The van der Waals surface area contributed by atoms with Gasteiger partial charge >= 0.3 is 87.7 Å². The van der Waals surface area contributed by atoms with Gasteiger partial charge in [-0.25, -0.2) is 72.9 Å². The standard InChI is InChI=1S/5C9H11N3O2.5C5H6O6/c5*1-5-7(13)6-8(10-4-11(6)2)12(3)9(5)14;5*1-2(6)5(11,3(7)8)4(9)10/h5*4-5H,1-3H3;5*11H,1H3,(H,7,8)(H,9,10)/i1D3,2D3,3D3,4D;2D3,3D3,4D;1D3,3D3,4D;1D3,2D3,4D;1D3,2D3,3D3;;;;;. The molecule has 5 aliphatic rings. The monoisotopic (exact) mass is 1820 g/mol. The normalized spacial score (nSPS) is 22.6. The minimum atomic E-state index is -3.31. The lowest BCUT2D eigenvalue weighted by Gasteiger charge is -2.25. The molecular formula is C70H85N15O40. The van der Waals surface area contributed by atoms with Crippen molar-refractivity contribution < 1.29 is 251 Å². The summed E-state index contributed by atoms with van der Waals surface area (Å²) >= 11 is 0. The molecule has 0 aromatic carbocycles. The maximum atomic E-state index is 12.4. The predicted molar refractivity (Wildman–Crippen MR) is 405 cm³/mol. The molecule has 5 amide bonds. The van der Waals surface area contributed by atoms with Gasteiger partial charge in [-0.15, -0.1) is 0 Å². The highest BCUT2D eigenvalue weighted by Crippen LogP contribution is 2.32. The first-order valence-corrected chi connectivity index (χ1v) is 31.3. The van der Waals surface area contributed by atoms with E-state index in [0.717, 1.165) is 9.47 Å². The van der Waals surface area contributed by atoms with Gasteiger partial charge in [-0.3, -0.25) is 96.4 Å². The smallest absolute Gasteiger partial charge is 0.355 e. The number of rotatable bonds is 15. The van der Waals surface area contributed by atoms with Crippen LogP contribution in [-0.2, 0) is 131 Å². The van der Waals surface area contributed by atoms with Crippen LogP contribution in [0.3, 0.4) is 0 Å². The van der Waals surface area contributed by atoms with Crippen LogP contribution in [0, 0.1) is 29.6 Å². The summed E-state index contributed by atoms with van der Waals surface area (Å²) in [6.45, 7) is -31.6. The number of aliphatic hydroxyl groups is 5. The Hall–Kier alpha value is -15.4. The van der Waals surface area contributed by atoms with Crippen molar-refractivity contribution >= 4 is 176 Å². The van der Waals surface area contributed by atoms with Crippen LogP contribution >= 0.6 is 0 Å². The van der Waals surface area contributed by atoms with Crippen molar-refractivity contribution in [3.8, 4) is 0 Å². The number of imidazole rings is 5. The Bertz CT molecular complexity index is 6540. The Balaban J connectivity index is 0.000000932. The van der Waals surface area contributed by atoms with Gasteiger partial charge in [0.1, 0.15) is 63.5 Å². The lowest BCUT2D eigenvalue weighted by atomic mass is 9.98. The second-order valence-electron chi connectivity index (χ2n) is 23.6. The predicted octanol–water partition coefficient (Wildman–Crippen LogP) is -6.55. The van der Waals surface area contributed by atoms with Gasteiger partial charge in [-0.05, 0) is 68.9 Å². The van der Waals surface area contributed by atoms with Crippen molar-refractivity contribution in [1.82, 2.24) is 47.8 Å². The van der Waals surface area contributed by atoms with E-state index in [-0.39, 0.29) is 30.8 Å². The van der Waals surface area contributed by atoms with Crippen molar-refractivity contribution in [3.63, 3.8) is 0 Å². The highest BCUT2D eigenvalue weighted by atomic mass is 16.5. The number of carbonyl (C=O) groups is 25. The molecule has 0 spiro atoms. The number of fused-ring (bicyclic) bond motifs is 5.